The molecule has 0 aromatic heterocycles. The maximum atomic E-state index is 14.3. The van der Waals surface area contributed by atoms with Gasteiger partial charge in [-0.1, -0.05) is 69.4 Å². The first-order valence-corrected chi connectivity index (χ1v) is 21.0. The van der Waals surface area contributed by atoms with E-state index in [9.17, 15) is 44.1 Å². The third-order valence-corrected chi connectivity index (χ3v) is 10.9. The molecule has 15 heteroatoms. The van der Waals surface area contributed by atoms with Crippen molar-refractivity contribution in [3.63, 3.8) is 0 Å². The molecule has 15 nitrogen and oxygen atoms in total. The number of carbonyl (C=O) groups excluding carboxylic acids is 6. The lowest BCUT2D eigenvalue weighted by Gasteiger charge is -2.36. The minimum Gasteiger partial charge on any atom is -0.508 e. The third-order valence-electron chi connectivity index (χ3n) is 10.9. The number of benzene rings is 1. The highest BCUT2D eigenvalue weighted by atomic mass is 16.5. The molecule has 1 saturated heterocycles. The van der Waals surface area contributed by atoms with Crippen molar-refractivity contribution in [2.75, 3.05) is 19.6 Å². The topological polar surface area (TPSA) is 215 Å². The van der Waals surface area contributed by atoms with Gasteiger partial charge in [0.1, 0.15) is 35.8 Å². The molecule has 8 atom stereocenters. The van der Waals surface area contributed by atoms with Gasteiger partial charge in [0.25, 0.3) is 5.91 Å². The number of amides is 4. The summed E-state index contributed by atoms with van der Waals surface area (Å²) in [5.74, 6) is -5.51. The van der Waals surface area contributed by atoms with Gasteiger partial charge >= 0.3 is 5.97 Å². The van der Waals surface area contributed by atoms with E-state index in [4.69, 9.17) is 4.74 Å². The summed E-state index contributed by atoms with van der Waals surface area (Å²) in [5.41, 5.74) is 4.18. The Morgan fingerprint density at radius 2 is 1.75 bits per heavy atom. The molecule has 2 aliphatic heterocycles. The van der Waals surface area contributed by atoms with Gasteiger partial charge in [-0.05, 0) is 76.1 Å². The van der Waals surface area contributed by atoms with E-state index in [1.54, 1.807) is 75.1 Å². The highest BCUT2D eigenvalue weighted by molar-refractivity contribution is 5.93. The maximum absolute atomic E-state index is 14.3. The van der Waals surface area contributed by atoms with Crippen LogP contribution < -0.4 is 16.1 Å². The number of likely N-dealkylation sites (N-methyl/N-ethyl adjacent to an activating group) is 1. The lowest BCUT2D eigenvalue weighted by atomic mass is 9.84. The monoisotopic (exact) mass is 835 g/mol. The molecular formula is C45H65N5O10. The Morgan fingerprint density at radius 3 is 2.40 bits per heavy atom. The fraction of sp³-hybridized carbons (Fsp3) is 0.556. The molecule has 2 bridgehead atoms. The Morgan fingerprint density at radius 1 is 1.03 bits per heavy atom. The van der Waals surface area contributed by atoms with Crippen LogP contribution in [0.25, 0.3) is 0 Å². The van der Waals surface area contributed by atoms with Gasteiger partial charge in [0.2, 0.25) is 17.7 Å². The van der Waals surface area contributed by atoms with Gasteiger partial charge in [-0.2, -0.15) is 0 Å². The highest BCUT2D eigenvalue weighted by Gasteiger charge is 2.38. The van der Waals surface area contributed by atoms with E-state index in [2.05, 4.69) is 16.1 Å². The van der Waals surface area contributed by atoms with Crippen molar-refractivity contribution >= 4 is 35.4 Å². The zero-order valence-electron chi connectivity index (χ0n) is 36.0. The van der Waals surface area contributed by atoms with Crippen molar-refractivity contribution in [1.82, 2.24) is 26.0 Å². The Kier molecular flexibility index (Phi) is 19.9. The molecular weight excluding hydrogens is 771 g/mol. The van der Waals surface area contributed by atoms with Crippen LogP contribution in [-0.4, -0.2) is 117 Å². The summed E-state index contributed by atoms with van der Waals surface area (Å²) in [7, 11) is 0. The van der Waals surface area contributed by atoms with Gasteiger partial charge in [-0.25, -0.2) is 5.43 Å². The van der Waals surface area contributed by atoms with Crippen molar-refractivity contribution in [3.05, 3.63) is 77.9 Å². The van der Waals surface area contributed by atoms with Crippen LogP contribution in [0.3, 0.4) is 0 Å². The van der Waals surface area contributed by atoms with E-state index in [0.29, 0.717) is 37.1 Å². The summed E-state index contributed by atoms with van der Waals surface area (Å²) in [4.78, 5) is 82.4. The standard InChI is InChI=1S/C45H65N5O10/c1-8-49(9-2)39(54)22-13-16-29(5)38-21-12-10-11-20-37(53)31(7)41(55)34(24-23-30(6)51)42(56)47-40(28(3)4)43(57)46-36(27-32-17-14-18-33(52)26-32)44(58)50-25-15-19-35(48-50)45(59)60-38/h10-14,16-18,20,22,26,28,31,34-38,40-41,48,52-53,55H,8-9,15,19,21,23-25,27H2,1-7H3,(H,46,57)(H,47,56)/b12-10+,20-11+,22-13+,29-16+/t31-,34+,35?,36-,37-,38-,40-,41+/m0/s1. The number of hydrogen-bond donors (Lipinski definition) is 6. The molecule has 4 amide bonds. The predicted molar refractivity (Wildman–Crippen MR) is 227 cm³/mol. The molecule has 0 aliphatic carbocycles. The van der Waals surface area contributed by atoms with Gasteiger partial charge in [0, 0.05) is 50.9 Å². The molecule has 6 N–H and O–H groups in total. The number of rotatable bonds is 11. The van der Waals surface area contributed by atoms with Gasteiger partial charge in [-0.15, -0.1) is 0 Å². The van der Waals surface area contributed by atoms with Crippen molar-refractivity contribution in [3.8, 4) is 5.75 Å². The Labute approximate surface area is 353 Å². The number of nitrogens with zero attached hydrogens (tertiary/aromatic N) is 2. The molecule has 2 heterocycles. The Hall–Kier alpha value is -5.12. The second-order valence-electron chi connectivity index (χ2n) is 15.9. The summed E-state index contributed by atoms with van der Waals surface area (Å²) in [6.45, 7) is 13.2. The number of hydrazine groups is 1. The number of cyclic esters (lactones) is 1. The molecule has 2 aliphatic rings. The van der Waals surface area contributed by atoms with Crippen molar-refractivity contribution in [2.45, 2.75) is 123 Å². The van der Waals surface area contributed by atoms with Gasteiger partial charge in [0.15, 0.2) is 0 Å². The Balaban J connectivity index is 2.07. The summed E-state index contributed by atoms with van der Waals surface area (Å²) in [6, 6.07) is 2.93. The fourth-order valence-corrected chi connectivity index (χ4v) is 7.08. The number of ether oxygens (including phenoxy) is 1. The number of aromatic hydroxyl groups is 1. The van der Waals surface area contributed by atoms with Crippen LogP contribution in [0.15, 0.2) is 72.4 Å². The zero-order valence-corrected chi connectivity index (χ0v) is 36.0. The molecule has 1 aromatic carbocycles. The number of aliphatic hydroxyl groups is 2. The Bertz CT molecular complexity index is 1770. The molecule has 0 saturated carbocycles. The minimum absolute atomic E-state index is 0.0268. The number of Topliss-reactive ketones (excluding diaryl/α,β-unsaturated/α-hetero) is 1. The number of carbonyl (C=O) groups is 6. The summed E-state index contributed by atoms with van der Waals surface area (Å²) >= 11 is 0. The molecule has 60 heavy (non-hydrogen) atoms. The first-order valence-electron chi connectivity index (χ1n) is 21.0. The maximum Gasteiger partial charge on any atom is 0.325 e. The van der Waals surface area contributed by atoms with Crippen LogP contribution in [0.2, 0.25) is 0 Å². The molecule has 0 radical (unpaired) electrons. The van der Waals surface area contributed by atoms with Crippen LogP contribution in [0.1, 0.15) is 86.1 Å². The quantitative estimate of drug-likeness (QED) is 0.108. The number of nitrogens with one attached hydrogen (secondary N) is 3. The van der Waals surface area contributed by atoms with Crippen molar-refractivity contribution < 1.29 is 48.8 Å². The SMILES string of the molecule is CCN(CC)C(=O)/C=C/C=C(\C)[C@@H]1C/C=C/C=C/[C@H](O)[C@H](C)[C@@H](O)[C@@H](CCC(C)=O)C(=O)N[C@@H](C(C)C)C(=O)N[C@@H](Cc2cccc(O)c2)C(=O)N2CCCC(N2)C(=O)O1. The number of hydrogen-bond acceptors (Lipinski definition) is 11. The van der Waals surface area contributed by atoms with Crippen LogP contribution in [-0.2, 0) is 39.9 Å². The lowest BCUT2D eigenvalue weighted by Crippen LogP contribution is -2.62. The van der Waals surface area contributed by atoms with E-state index in [1.807, 2.05) is 13.8 Å². The molecule has 1 unspecified atom stereocenters. The predicted octanol–water partition coefficient (Wildman–Crippen LogP) is 3.20. The van der Waals surface area contributed by atoms with Crippen LogP contribution in [0.5, 0.6) is 5.75 Å². The number of aliphatic hydroxyl groups excluding tert-OH is 2. The van der Waals surface area contributed by atoms with Gasteiger partial charge in [0.05, 0.1) is 18.1 Å². The van der Waals surface area contributed by atoms with Crippen molar-refractivity contribution in [1.29, 1.82) is 0 Å². The first-order chi connectivity index (χ1) is 28.5. The van der Waals surface area contributed by atoms with Crippen LogP contribution in [0.4, 0.5) is 0 Å². The number of allylic oxidation sites excluding steroid dienone is 4. The van der Waals surface area contributed by atoms with E-state index in [-0.39, 0.29) is 49.7 Å². The second-order valence-corrected chi connectivity index (χ2v) is 15.9. The molecule has 330 valence electrons. The average molecular weight is 836 g/mol. The fourth-order valence-electron chi connectivity index (χ4n) is 7.08. The van der Waals surface area contributed by atoms with Crippen molar-refractivity contribution in [2.24, 2.45) is 17.8 Å². The van der Waals surface area contributed by atoms with E-state index >= 15 is 0 Å². The van der Waals surface area contributed by atoms with Crippen LogP contribution in [0, 0.1) is 17.8 Å². The molecule has 1 fully saturated rings. The molecule has 0 spiro atoms. The highest BCUT2D eigenvalue weighted by Crippen LogP contribution is 2.24. The number of ketones is 1. The summed E-state index contributed by atoms with van der Waals surface area (Å²) < 4.78 is 6.04. The minimum atomic E-state index is -1.42. The van der Waals surface area contributed by atoms with E-state index in [1.165, 1.54) is 36.2 Å². The normalized spacial score (nSPS) is 27.9. The van der Waals surface area contributed by atoms with Gasteiger partial charge < -0.3 is 40.4 Å². The molecule has 3 rings (SSSR count). The van der Waals surface area contributed by atoms with Gasteiger partial charge in [-0.3, -0.25) is 29.0 Å². The molecule has 1 aromatic rings. The first kappa shape index (κ1) is 49.2. The lowest BCUT2D eigenvalue weighted by molar-refractivity contribution is -0.156. The summed E-state index contributed by atoms with van der Waals surface area (Å²) in [6.07, 6.45) is 8.64. The average Bonchev–Trinajstić information content (AvgIpc) is 3.21. The van der Waals surface area contributed by atoms with Crippen LogP contribution >= 0.6 is 0 Å². The summed E-state index contributed by atoms with van der Waals surface area (Å²) in [5, 5.41) is 39.6. The van der Waals surface area contributed by atoms with E-state index < -0.39 is 77.9 Å². The largest absolute Gasteiger partial charge is 0.508 e. The third kappa shape index (κ3) is 14.9. The zero-order chi connectivity index (χ0) is 44.5. The van der Waals surface area contributed by atoms with E-state index in [0.717, 1.165) is 0 Å². The second kappa shape index (κ2) is 24.2. The number of phenolic OH excluding ortho intramolecular Hbond substituents is 1. The number of esters is 1. The number of fused-ring (bicyclic) bond motifs is 2. The smallest absolute Gasteiger partial charge is 0.325 e. The number of phenols is 1.